The lowest BCUT2D eigenvalue weighted by molar-refractivity contribution is -0.136. The van der Waals surface area contributed by atoms with Gasteiger partial charge < -0.3 is 34.7 Å². The molecular weight excluding hydrogens is 734 g/mol. The highest BCUT2D eigenvalue weighted by molar-refractivity contribution is 14.1. The van der Waals surface area contributed by atoms with Crippen molar-refractivity contribution in [2.45, 2.75) is 33.0 Å². The highest BCUT2D eigenvalue weighted by atomic mass is 127. The number of carbonyl (C=O) groups is 2. The van der Waals surface area contributed by atoms with Crippen molar-refractivity contribution in [2.75, 3.05) is 26.9 Å². The predicted octanol–water partition coefficient (Wildman–Crippen LogP) is 3.82. The van der Waals surface area contributed by atoms with Gasteiger partial charge in [-0.2, -0.15) is 5.10 Å². The van der Waals surface area contributed by atoms with Crippen LogP contribution in [0.15, 0.2) is 46.7 Å². The van der Waals surface area contributed by atoms with Crippen molar-refractivity contribution in [1.82, 2.24) is 16.1 Å². The smallest absolute Gasteiger partial charge is 0.337 e. The van der Waals surface area contributed by atoms with Gasteiger partial charge in [0.15, 0.2) is 17.7 Å². The Morgan fingerprint density at radius 3 is 2.46 bits per heavy atom. The Balaban J connectivity index is 1.69. The Morgan fingerprint density at radius 1 is 1.13 bits per heavy atom. The molecule has 4 N–H and O–H groups in total. The summed E-state index contributed by atoms with van der Waals surface area (Å²) >= 11 is 4.42. The van der Waals surface area contributed by atoms with Crippen molar-refractivity contribution in [3.63, 3.8) is 0 Å². The minimum absolute atomic E-state index is 0.119. The molecule has 2 amide bonds. The Bertz CT molecular complexity index is 1250. The molecule has 0 unspecified atom stereocenters. The predicted molar refractivity (Wildman–Crippen MR) is 162 cm³/mol. The monoisotopic (exact) mass is 764 g/mol. The fraction of sp³-hybridized carbons (Fsp3) is 0.346. The zero-order chi connectivity index (χ0) is 28.5. The van der Waals surface area contributed by atoms with Gasteiger partial charge in [-0.3, -0.25) is 5.43 Å². The Labute approximate surface area is 254 Å². The molecule has 11 nitrogen and oxygen atoms in total. The molecule has 3 rings (SSSR count). The second kappa shape index (κ2) is 14.6. The second-order valence-electron chi connectivity index (χ2n) is 8.16. The van der Waals surface area contributed by atoms with Crippen LogP contribution in [0.5, 0.6) is 17.2 Å². The first-order chi connectivity index (χ1) is 18.7. The first-order valence-electron chi connectivity index (χ1n) is 12.0. The number of urea groups is 1. The van der Waals surface area contributed by atoms with E-state index in [-0.39, 0.29) is 12.2 Å². The quantitative estimate of drug-likeness (QED) is 0.0843. The van der Waals surface area contributed by atoms with Gasteiger partial charge in [0.1, 0.15) is 12.4 Å². The molecule has 0 aliphatic carbocycles. The number of hydrogen-bond acceptors (Lipinski definition) is 9. The molecule has 2 atom stereocenters. The highest BCUT2D eigenvalue weighted by Crippen LogP contribution is 2.35. The van der Waals surface area contributed by atoms with Gasteiger partial charge in [0.2, 0.25) is 0 Å². The molecular formula is C26H30I2N4O7. The fourth-order valence-corrected chi connectivity index (χ4v) is 5.88. The SMILES string of the molecule is CCOc1cc([C@@H]2NC(=O)NC(C)=C2C(=O)OC)ccc1OC[C@H](O)N/N=C\c1cc(I)c(OCC)c(I)c1. The van der Waals surface area contributed by atoms with E-state index in [4.69, 9.17) is 18.9 Å². The molecule has 1 aliphatic rings. The van der Waals surface area contributed by atoms with Crippen LogP contribution in [0.25, 0.3) is 0 Å². The first-order valence-corrected chi connectivity index (χ1v) is 14.2. The maximum Gasteiger partial charge on any atom is 0.337 e. The van der Waals surface area contributed by atoms with Gasteiger partial charge in [0.05, 0.1) is 45.3 Å². The lowest BCUT2D eigenvalue weighted by Gasteiger charge is -2.28. The summed E-state index contributed by atoms with van der Waals surface area (Å²) in [6.45, 7) is 6.20. The number of nitrogens with zero attached hydrogens (tertiary/aromatic N) is 1. The van der Waals surface area contributed by atoms with Crippen molar-refractivity contribution in [1.29, 1.82) is 0 Å². The molecule has 210 valence electrons. The van der Waals surface area contributed by atoms with Gasteiger partial charge in [0, 0.05) is 5.70 Å². The normalized spacial score (nSPS) is 15.9. The maximum absolute atomic E-state index is 12.4. The Kier molecular flexibility index (Phi) is 11.5. The molecule has 1 aliphatic heterocycles. The van der Waals surface area contributed by atoms with Crippen LogP contribution in [0.4, 0.5) is 4.79 Å². The van der Waals surface area contributed by atoms with Crippen LogP contribution in [0, 0.1) is 7.14 Å². The molecule has 0 bridgehead atoms. The Morgan fingerprint density at radius 2 is 1.82 bits per heavy atom. The average Bonchev–Trinajstić information content (AvgIpc) is 2.89. The number of halogens is 2. The number of hydrazone groups is 1. The number of hydrogen-bond donors (Lipinski definition) is 4. The first kappa shape index (κ1) is 30.7. The molecule has 0 fully saturated rings. The number of methoxy groups -OCH3 is 1. The molecule has 1 heterocycles. The van der Waals surface area contributed by atoms with E-state index in [1.165, 1.54) is 7.11 Å². The van der Waals surface area contributed by atoms with E-state index >= 15 is 0 Å². The largest absolute Gasteiger partial charge is 0.492 e. The van der Waals surface area contributed by atoms with Crippen LogP contribution in [0.3, 0.4) is 0 Å². The highest BCUT2D eigenvalue weighted by Gasteiger charge is 2.32. The molecule has 0 aromatic heterocycles. The summed E-state index contributed by atoms with van der Waals surface area (Å²) in [5.41, 5.74) is 4.77. The van der Waals surface area contributed by atoms with E-state index in [2.05, 4.69) is 66.3 Å². The lowest BCUT2D eigenvalue weighted by Crippen LogP contribution is -2.45. The van der Waals surface area contributed by atoms with Gasteiger partial charge in [-0.15, -0.1) is 0 Å². The van der Waals surface area contributed by atoms with Gasteiger partial charge in [-0.05, 0) is 101 Å². The van der Waals surface area contributed by atoms with Crippen molar-refractivity contribution in [2.24, 2.45) is 5.10 Å². The molecule has 0 spiro atoms. The minimum Gasteiger partial charge on any atom is -0.492 e. The van der Waals surface area contributed by atoms with Crippen molar-refractivity contribution in [3.05, 3.63) is 59.9 Å². The number of carbonyl (C=O) groups excluding carboxylic acids is 2. The Hall–Kier alpha value is -2.79. The van der Waals surface area contributed by atoms with Gasteiger partial charge >= 0.3 is 12.0 Å². The maximum atomic E-state index is 12.4. The number of ether oxygens (including phenoxy) is 4. The standard InChI is InChI=1S/C26H30I2N4O7/c1-5-37-20-11-16(23-22(25(34)36-4)14(3)30-26(35)31-23)7-8-19(20)39-13-21(33)32-29-12-15-9-17(27)24(38-6-2)18(28)10-15/h7-12,21,23,32-33H,5-6,13H2,1-4H3,(H2,30,31,35)/b29-12-/t21-,23-/m0/s1. The van der Waals surface area contributed by atoms with Crippen molar-refractivity contribution >= 4 is 63.4 Å². The van der Waals surface area contributed by atoms with E-state index in [1.54, 1.807) is 31.3 Å². The van der Waals surface area contributed by atoms with Crippen LogP contribution >= 0.6 is 45.2 Å². The van der Waals surface area contributed by atoms with Crippen LogP contribution in [0.1, 0.15) is 37.9 Å². The number of allylic oxidation sites excluding steroid dienone is 1. The van der Waals surface area contributed by atoms with E-state index in [0.717, 1.165) is 18.5 Å². The van der Waals surface area contributed by atoms with Gasteiger partial charge in [-0.1, -0.05) is 6.07 Å². The zero-order valence-corrected chi connectivity index (χ0v) is 26.2. The third-order valence-corrected chi connectivity index (χ3v) is 7.02. The summed E-state index contributed by atoms with van der Waals surface area (Å²) in [6.07, 6.45) is 0.502. The second-order valence-corrected chi connectivity index (χ2v) is 10.5. The van der Waals surface area contributed by atoms with Gasteiger partial charge in [-0.25, -0.2) is 9.59 Å². The van der Waals surface area contributed by atoms with E-state index in [1.807, 2.05) is 26.0 Å². The van der Waals surface area contributed by atoms with Gasteiger partial charge in [0.25, 0.3) is 0 Å². The zero-order valence-electron chi connectivity index (χ0n) is 21.8. The average molecular weight is 764 g/mol. The third kappa shape index (κ3) is 8.11. The topological polar surface area (TPSA) is 140 Å². The number of aliphatic hydroxyl groups is 1. The molecule has 0 saturated carbocycles. The number of aliphatic hydroxyl groups excluding tert-OH is 1. The molecule has 2 aromatic carbocycles. The molecule has 39 heavy (non-hydrogen) atoms. The summed E-state index contributed by atoms with van der Waals surface area (Å²) in [5, 5.41) is 19.8. The third-order valence-electron chi connectivity index (χ3n) is 5.42. The summed E-state index contributed by atoms with van der Waals surface area (Å²) in [7, 11) is 1.28. The minimum atomic E-state index is -1.10. The molecule has 0 saturated heterocycles. The lowest BCUT2D eigenvalue weighted by atomic mass is 9.95. The van der Waals surface area contributed by atoms with E-state index < -0.39 is 24.3 Å². The number of nitrogens with one attached hydrogen (secondary N) is 3. The summed E-state index contributed by atoms with van der Waals surface area (Å²) in [5.74, 6) is 1.04. The number of esters is 1. The fourth-order valence-electron chi connectivity index (χ4n) is 3.76. The summed E-state index contributed by atoms with van der Waals surface area (Å²) in [4.78, 5) is 24.5. The van der Waals surface area contributed by atoms with Crippen molar-refractivity contribution < 1.29 is 33.6 Å². The summed E-state index contributed by atoms with van der Waals surface area (Å²) in [6, 6.07) is 7.73. The molecule has 0 radical (unpaired) electrons. The van der Waals surface area contributed by atoms with E-state index in [9.17, 15) is 14.7 Å². The van der Waals surface area contributed by atoms with Crippen LogP contribution in [0.2, 0.25) is 0 Å². The number of rotatable bonds is 12. The van der Waals surface area contributed by atoms with Crippen LogP contribution in [-0.4, -0.2) is 56.5 Å². The summed E-state index contributed by atoms with van der Waals surface area (Å²) < 4.78 is 24.0. The number of amides is 2. The van der Waals surface area contributed by atoms with E-state index in [0.29, 0.717) is 36.0 Å². The molecule has 2 aromatic rings. The van der Waals surface area contributed by atoms with Crippen LogP contribution in [-0.2, 0) is 9.53 Å². The van der Waals surface area contributed by atoms with Crippen molar-refractivity contribution in [3.8, 4) is 17.2 Å². The van der Waals surface area contributed by atoms with Crippen LogP contribution < -0.4 is 30.3 Å². The molecule has 13 heteroatoms. The number of benzene rings is 2.